The molecule has 4 aromatic rings. The fourth-order valence-corrected chi connectivity index (χ4v) is 4.26. The largest absolute Gasteiger partial charge is 0.489 e. The topological polar surface area (TPSA) is 51.2 Å². The van der Waals surface area contributed by atoms with Gasteiger partial charge in [0.05, 0.1) is 10.9 Å². The summed E-state index contributed by atoms with van der Waals surface area (Å²) in [5, 5.41) is 3.42. The summed E-state index contributed by atoms with van der Waals surface area (Å²) in [5.41, 5.74) is 1.46. The third kappa shape index (κ3) is 4.12. The van der Waals surface area contributed by atoms with E-state index in [0.717, 1.165) is 10.3 Å². The molecule has 0 aliphatic heterocycles. The standard InChI is InChI=1S/C23H19FN2O2S/c1-15(16-7-6-12-25-13-16)26-23(27)22-18(14-28-17-8-3-2-4-9-17)21-19(24)10-5-11-20(21)29-22/h2-13,15H,14H2,1H3,(H,26,27). The second-order valence-corrected chi connectivity index (χ2v) is 7.66. The number of carbonyl (C=O) groups excluding carboxylic acids is 1. The van der Waals surface area contributed by atoms with Gasteiger partial charge in [-0.15, -0.1) is 11.3 Å². The number of aromatic nitrogens is 1. The number of nitrogens with zero attached hydrogens (tertiary/aromatic N) is 1. The highest BCUT2D eigenvalue weighted by Gasteiger charge is 2.22. The first kappa shape index (κ1) is 19.1. The molecule has 1 atom stereocenters. The van der Waals surface area contributed by atoms with Gasteiger partial charge < -0.3 is 10.1 Å². The van der Waals surface area contributed by atoms with Crippen LogP contribution in [0, 0.1) is 5.82 Å². The second kappa shape index (κ2) is 8.41. The number of amides is 1. The van der Waals surface area contributed by atoms with Crippen molar-refractivity contribution in [2.75, 3.05) is 0 Å². The minimum atomic E-state index is -0.357. The Morgan fingerprint density at radius 3 is 2.72 bits per heavy atom. The first-order valence-corrected chi connectivity index (χ1v) is 10.0. The van der Waals surface area contributed by atoms with Gasteiger partial charge in [-0.05, 0) is 42.8 Å². The number of carbonyl (C=O) groups is 1. The van der Waals surface area contributed by atoms with Crippen molar-refractivity contribution in [1.82, 2.24) is 10.3 Å². The summed E-state index contributed by atoms with van der Waals surface area (Å²) in [6.45, 7) is 2.00. The molecule has 1 N–H and O–H groups in total. The lowest BCUT2D eigenvalue weighted by Gasteiger charge is -2.14. The molecule has 0 spiro atoms. The third-order valence-corrected chi connectivity index (χ3v) is 5.82. The number of fused-ring (bicyclic) bond motifs is 1. The number of para-hydroxylation sites is 1. The van der Waals surface area contributed by atoms with E-state index in [1.807, 2.05) is 55.5 Å². The summed E-state index contributed by atoms with van der Waals surface area (Å²) in [5.74, 6) is 0.0525. The lowest BCUT2D eigenvalue weighted by atomic mass is 10.1. The molecule has 1 amide bonds. The normalized spacial score (nSPS) is 11.9. The summed E-state index contributed by atoms with van der Waals surface area (Å²) in [6.07, 6.45) is 3.40. The quantitative estimate of drug-likeness (QED) is 0.460. The van der Waals surface area contributed by atoms with E-state index in [9.17, 15) is 9.18 Å². The van der Waals surface area contributed by atoms with Crippen LogP contribution >= 0.6 is 11.3 Å². The zero-order valence-corrected chi connectivity index (χ0v) is 16.6. The fraction of sp³-hybridized carbons (Fsp3) is 0.130. The van der Waals surface area contributed by atoms with Gasteiger partial charge in [0, 0.05) is 28.0 Å². The van der Waals surface area contributed by atoms with Crippen LogP contribution in [0.25, 0.3) is 10.1 Å². The van der Waals surface area contributed by atoms with Gasteiger partial charge in [-0.3, -0.25) is 9.78 Å². The van der Waals surface area contributed by atoms with E-state index in [-0.39, 0.29) is 24.4 Å². The van der Waals surface area contributed by atoms with Crippen molar-refractivity contribution in [3.8, 4) is 5.75 Å². The van der Waals surface area contributed by atoms with Crippen molar-refractivity contribution in [2.24, 2.45) is 0 Å². The van der Waals surface area contributed by atoms with Crippen molar-refractivity contribution >= 4 is 27.3 Å². The molecular formula is C23H19FN2O2S. The zero-order chi connectivity index (χ0) is 20.2. The highest BCUT2D eigenvalue weighted by Crippen LogP contribution is 2.34. The van der Waals surface area contributed by atoms with Gasteiger partial charge in [0.15, 0.2) is 0 Å². The molecule has 2 aromatic carbocycles. The molecule has 4 nitrogen and oxygen atoms in total. The highest BCUT2D eigenvalue weighted by atomic mass is 32.1. The molecule has 0 saturated heterocycles. The maximum absolute atomic E-state index is 14.6. The summed E-state index contributed by atoms with van der Waals surface area (Å²) >= 11 is 1.27. The molecule has 29 heavy (non-hydrogen) atoms. The number of hydrogen-bond donors (Lipinski definition) is 1. The van der Waals surface area contributed by atoms with Gasteiger partial charge in [0.1, 0.15) is 18.2 Å². The van der Waals surface area contributed by atoms with Crippen LogP contribution < -0.4 is 10.1 Å². The van der Waals surface area contributed by atoms with Gasteiger partial charge in [0.2, 0.25) is 0 Å². The first-order chi connectivity index (χ1) is 14.1. The van der Waals surface area contributed by atoms with Crippen LogP contribution in [0.3, 0.4) is 0 Å². The summed E-state index contributed by atoms with van der Waals surface area (Å²) in [6, 6.07) is 17.7. The average Bonchev–Trinajstić information content (AvgIpc) is 3.13. The van der Waals surface area contributed by atoms with E-state index in [1.54, 1.807) is 18.5 Å². The van der Waals surface area contributed by atoms with Crippen molar-refractivity contribution in [3.05, 3.63) is 94.9 Å². The van der Waals surface area contributed by atoms with Gasteiger partial charge >= 0.3 is 0 Å². The Hall–Kier alpha value is -3.25. The van der Waals surface area contributed by atoms with Gasteiger partial charge in [-0.1, -0.05) is 30.3 Å². The lowest BCUT2D eigenvalue weighted by molar-refractivity contribution is 0.0942. The predicted molar refractivity (Wildman–Crippen MR) is 113 cm³/mol. The molecule has 1 unspecified atom stereocenters. The molecule has 0 radical (unpaired) electrons. The zero-order valence-electron chi connectivity index (χ0n) is 15.8. The third-order valence-electron chi connectivity index (χ3n) is 4.63. The SMILES string of the molecule is CC(NC(=O)c1sc2cccc(F)c2c1COc1ccccc1)c1cccnc1. The number of halogens is 1. The first-order valence-electron chi connectivity index (χ1n) is 9.22. The van der Waals surface area contributed by atoms with Crippen LogP contribution in [0.5, 0.6) is 5.75 Å². The maximum atomic E-state index is 14.6. The number of thiophene rings is 1. The van der Waals surface area contributed by atoms with E-state index >= 15 is 0 Å². The van der Waals surface area contributed by atoms with Crippen LogP contribution in [-0.4, -0.2) is 10.9 Å². The van der Waals surface area contributed by atoms with Crippen molar-refractivity contribution < 1.29 is 13.9 Å². The molecule has 4 rings (SSSR count). The minimum absolute atomic E-state index is 0.106. The van der Waals surface area contributed by atoms with Gasteiger partial charge in [-0.25, -0.2) is 4.39 Å². The van der Waals surface area contributed by atoms with Crippen LogP contribution in [0.4, 0.5) is 4.39 Å². The summed E-state index contributed by atoms with van der Waals surface area (Å²) in [4.78, 5) is 17.6. The number of benzene rings is 2. The van der Waals surface area contributed by atoms with E-state index in [1.165, 1.54) is 17.4 Å². The molecule has 146 valence electrons. The maximum Gasteiger partial charge on any atom is 0.262 e. The van der Waals surface area contributed by atoms with Crippen LogP contribution in [-0.2, 0) is 6.61 Å². The Labute approximate surface area is 172 Å². The van der Waals surface area contributed by atoms with E-state index in [0.29, 0.717) is 21.6 Å². The van der Waals surface area contributed by atoms with Crippen molar-refractivity contribution in [3.63, 3.8) is 0 Å². The van der Waals surface area contributed by atoms with Crippen LogP contribution in [0.1, 0.15) is 33.8 Å². The van der Waals surface area contributed by atoms with E-state index in [2.05, 4.69) is 10.3 Å². The Morgan fingerprint density at radius 1 is 1.14 bits per heavy atom. The smallest absolute Gasteiger partial charge is 0.262 e. The van der Waals surface area contributed by atoms with Crippen molar-refractivity contribution in [2.45, 2.75) is 19.6 Å². The number of ether oxygens (including phenoxy) is 1. The summed E-state index contributed by atoms with van der Waals surface area (Å²) in [7, 11) is 0. The number of pyridine rings is 1. The number of rotatable bonds is 6. The van der Waals surface area contributed by atoms with E-state index < -0.39 is 0 Å². The monoisotopic (exact) mass is 406 g/mol. The number of hydrogen-bond acceptors (Lipinski definition) is 4. The minimum Gasteiger partial charge on any atom is -0.489 e. The molecule has 0 fully saturated rings. The molecule has 0 bridgehead atoms. The van der Waals surface area contributed by atoms with Crippen molar-refractivity contribution in [1.29, 1.82) is 0 Å². The summed E-state index contributed by atoms with van der Waals surface area (Å²) < 4.78 is 21.2. The molecule has 2 heterocycles. The van der Waals surface area contributed by atoms with Crippen LogP contribution in [0.15, 0.2) is 73.1 Å². The Kier molecular flexibility index (Phi) is 5.53. The molecule has 0 aliphatic rings. The lowest BCUT2D eigenvalue weighted by Crippen LogP contribution is -2.27. The van der Waals surface area contributed by atoms with Crippen LogP contribution in [0.2, 0.25) is 0 Å². The molecule has 0 aliphatic carbocycles. The highest BCUT2D eigenvalue weighted by molar-refractivity contribution is 7.21. The number of nitrogens with one attached hydrogen (secondary N) is 1. The Balaban J connectivity index is 1.65. The molecule has 0 saturated carbocycles. The fourth-order valence-electron chi connectivity index (χ4n) is 3.14. The second-order valence-electron chi connectivity index (χ2n) is 6.61. The molecule has 6 heteroatoms. The van der Waals surface area contributed by atoms with Gasteiger partial charge in [-0.2, -0.15) is 0 Å². The Bertz CT molecular complexity index is 1130. The average molecular weight is 406 g/mol. The molecular weight excluding hydrogens is 387 g/mol. The predicted octanol–water partition coefficient (Wildman–Crippen LogP) is 5.51. The molecule has 2 aromatic heterocycles. The van der Waals surface area contributed by atoms with E-state index in [4.69, 9.17) is 4.74 Å². The van der Waals surface area contributed by atoms with Gasteiger partial charge in [0.25, 0.3) is 5.91 Å². The Morgan fingerprint density at radius 2 is 1.97 bits per heavy atom.